The summed E-state index contributed by atoms with van der Waals surface area (Å²) in [6, 6.07) is 14.3. The van der Waals surface area contributed by atoms with E-state index in [0.29, 0.717) is 5.02 Å². The zero-order valence-corrected chi connectivity index (χ0v) is 14.0. The number of phenolic OH excluding ortho intramolecular Hbond substituents is 1. The van der Waals surface area contributed by atoms with Crippen LogP contribution in [-0.4, -0.2) is 22.2 Å². The third-order valence-corrected chi connectivity index (χ3v) is 3.90. The molecule has 130 valence electrons. The van der Waals surface area contributed by atoms with Crippen LogP contribution in [0.1, 0.15) is 15.9 Å². The van der Waals surface area contributed by atoms with Crippen LogP contribution in [0.5, 0.6) is 5.75 Å². The van der Waals surface area contributed by atoms with Crippen molar-refractivity contribution in [2.75, 3.05) is 0 Å². The first kappa shape index (κ1) is 17.4. The normalized spacial score (nSPS) is 11.0. The maximum atomic E-state index is 12.2. The van der Waals surface area contributed by atoms with E-state index in [1.807, 2.05) is 24.3 Å². The summed E-state index contributed by atoms with van der Waals surface area (Å²) in [6.45, 7) is 0. The Morgan fingerprint density at radius 1 is 1.15 bits per heavy atom. The Hall–Kier alpha value is -3.45. The second-order valence-corrected chi connectivity index (χ2v) is 5.81. The predicted molar refractivity (Wildman–Crippen MR) is 98.8 cm³/mol. The topological polar surface area (TPSA) is 105 Å². The molecule has 0 aliphatic heterocycles. The molecule has 2 N–H and O–H groups in total. The molecule has 0 saturated carbocycles. The molecule has 0 aliphatic rings. The fraction of sp³-hybridized carbons (Fsp3) is 0. The summed E-state index contributed by atoms with van der Waals surface area (Å²) in [5, 5.41) is 26.6. The number of carbonyl (C=O) groups is 1. The zero-order chi connectivity index (χ0) is 18.7. The number of amides is 1. The molecular weight excluding hydrogens is 358 g/mol. The molecule has 0 fully saturated rings. The van der Waals surface area contributed by atoms with E-state index >= 15 is 0 Å². The molecule has 0 saturated heterocycles. The van der Waals surface area contributed by atoms with Crippen LogP contribution in [0.25, 0.3) is 10.8 Å². The van der Waals surface area contributed by atoms with Crippen LogP contribution in [0, 0.1) is 10.1 Å². The molecule has 0 atom stereocenters. The highest BCUT2D eigenvalue weighted by atomic mass is 35.5. The number of halogens is 1. The molecule has 8 heteroatoms. The fourth-order valence-corrected chi connectivity index (χ4v) is 2.61. The lowest BCUT2D eigenvalue weighted by molar-refractivity contribution is -0.385. The van der Waals surface area contributed by atoms with E-state index in [-0.39, 0.29) is 22.6 Å². The van der Waals surface area contributed by atoms with Gasteiger partial charge in [-0.3, -0.25) is 14.9 Å². The summed E-state index contributed by atoms with van der Waals surface area (Å²) in [5.41, 5.74) is 2.24. The van der Waals surface area contributed by atoms with Crippen molar-refractivity contribution in [3.05, 3.63) is 80.9 Å². The molecule has 1 amide bonds. The maximum Gasteiger partial charge on any atom is 0.278 e. The smallest absolute Gasteiger partial charge is 0.278 e. The average molecular weight is 370 g/mol. The number of hydrogen-bond acceptors (Lipinski definition) is 5. The lowest BCUT2D eigenvalue weighted by atomic mass is 10.1. The van der Waals surface area contributed by atoms with Gasteiger partial charge in [-0.15, -0.1) is 0 Å². The van der Waals surface area contributed by atoms with Crippen LogP contribution < -0.4 is 5.43 Å². The van der Waals surface area contributed by atoms with Gasteiger partial charge in [0, 0.05) is 11.1 Å². The largest absolute Gasteiger partial charge is 0.507 e. The Morgan fingerprint density at radius 2 is 1.85 bits per heavy atom. The molecule has 0 aromatic heterocycles. The van der Waals surface area contributed by atoms with Gasteiger partial charge in [0.1, 0.15) is 5.75 Å². The zero-order valence-electron chi connectivity index (χ0n) is 13.2. The number of hydrogen-bond donors (Lipinski definition) is 2. The van der Waals surface area contributed by atoms with Crippen LogP contribution in [0.15, 0.2) is 59.7 Å². The molecule has 3 aromatic carbocycles. The van der Waals surface area contributed by atoms with E-state index in [4.69, 9.17) is 11.6 Å². The minimum Gasteiger partial charge on any atom is -0.507 e. The molecule has 0 radical (unpaired) electrons. The van der Waals surface area contributed by atoms with Crippen molar-refractivity contribution in [2.45, 2.75) is 0 Å². The molecule has 0 spiro atoms. The van der Waals surface area contributed by atoms with Crippen molar-refractivity contribution >= 4 is 40.2 Å². The van der Waals surface area contributed by atoms with Gasteiger partial charge in [-0.05, 0) is 35.0 Å². The van der Waals surface area contributed by atoms with Gasteiger partial charge in [-0.1, -0.05) is 35.9 Å². The van der Waals surface area contributed by atoms with Crippen LogP contribution in [0.3, 0.4) is 0 Å². The molecule has 0 aliphatic carbocycles. The lowest BCUT2D eigenvalue weighted by Crippen LogP contribution is -2.17. The molecule has 7 nitrogen and oxygen atoms in total. The first-order valence-corrected chi connectivity index (χ1v) is 7.82. The number of nitrogens with zero attached hydrogens (tertiary/aromatic N) is 2. The summed E-state index contributed by atoms with van der Waals surface area (Å²) in [7, 11) is 0. The van der Waals surface area contributed by atoms with E-state index in [0.717, 1.165) is 17.0 Å². The maximum absolute atomic E-state index is 12.2. The van der Waals surface area contributed by atoms with Crippen molar-refractivity contribution < 1.29 is 14.8 Å². The number of nitro benzene ring substituents is 1. The van der Waals surface area contributed by atoms with Gasteiger partial charge in [-0.2, -0.15) is 5.10 Å². The molecule has 0 bridgehead atoms. The fourth-order valence-electron chi connectivity index (χ4n) is 2.43. The quantitative estimate of drug-likeness (QED) is 0.413. The van der Waals surface area contributed by atoms with Crippen molar-refractivity contribution in [3.63, 3.8) is 0 Å². The molecule has 3 aromatic rings. The SMILES string of the molecule is O=C(N/N=C/c1cc(Cl)ccc1[N+](=O)[O-])c1cc2ccccc2cc1O. The molecule has 0 heterocycles. The van der Waals surface area contributed by atoms with Gasteiger partial charge in [0.2, 0.25) is 0 Å². The summed E-state index contributed by atoms with van der Waals surface area (Å²) in [5.74, 6) is -0.834. The summed E-state index contributed by atoms with van der Waals surface area (Å²) >= 11 is 5.83. The number of fused-ring (bicyclic) bond motifs is 1. The molecule has 26 heavy (non-hydrogen) atoms. The summed E-state index contributed by atoms with van der Waals surface area (Å²) < 4.78 is 0. The van der Waals surface area contributed by atoms with Gasteiger partial charge in [0.15, 0.2) is 0 Å². The Bertz CT molecular complexity index is 1050. The molecule has 0 unspecified atom stereocenters. The van der Waals surface area contributed by atoms with Crippen molar-refractivity contribution in [3.8, 4) is 5.75 Å². The number of rotatable bonds is 4. The highest BCUT2D eigenvalue weighted by molar-refractivity contribution is 6.31. The van der Waals surface area contributed by atoms with Crippen LogP contribution in [-0.2, 0) is 0 Å². The summed E-state index contributed by atoms with van der Waals surface area (Å²) in [4.78, 5) is 22.7. The minimum absolute atomic E-state index is 0.0430. The van der Waals surface area contributed by atoms with E-state index in [1.165, 1.54) is 30.3 Å². The minimum atomic E-state index is -0.644. The Labute approximate surface area is 152 Å². The highest BCUT2D eigenvalue weighted by Crippen LogP contribution is 2.25. The molecular formula is C18H12ClN3O4. The standard InChI is InChI=1S/C18H12ClN3O4/c19-14-5-6-16(22(25)26)13(7-14)10-20-21-18(24)15-8-11-3-1-2-4-12(11)9-17(15)23/h1-10,23H,(H,21,24)/b20-10+. The van der Waals surface area contributed by atoms with E-state index < -0.39 is 10.8 Å². The van der Waals surface area contributed by atoms with Gasteiger partial charge < -0.3 is 5.11 Å². The number of phenols is 1. The number of nitro groups is 1. The number of benzene rings is 3. The Morgan fingerprint density at radius 3 is 2.54 bits per heavy atom. The van der Waals surface area contributed by atoms with Gasteiger partial charge in [0.25, 0.3) is 11.6 Å². The first-order valence-electron chi connectivity index (χ1n) is 7.45. The number of aromatic hydroxyl groups is 1. The highest BCUT2D eigenvalue weighted by Gasteiger charge is 2.14. The van der Waals surface area contributed by atoms with Gasteiger partial charge >= 0.3 is 0 Å². The lowest BCUT2D eigenvalue weighted by Gasteiger charge is -2.05. The Kier molecular flexibility index (Phi) is 4.81. The van der Waals surface area contributed by atoms with Crippen molar-refractivity contribution in [1.29, 1.82) is 0 Å². The Balaban J connectivity index is 1.83. The van der Waals surface area contributed by atoms with Crippen LogP contribution in [0.2, 0.25) is 5.02 Å². The summed E-state index contributed by atoms with van der Waals surface area (Å²) in [6.07, 6.45) is 1.13. The van der Waals surface area contributed by atoms with Gasteiger partial charge in [0.05, 0.1) is 22.3 Å². The predicted octanol–water partition coefficient (Wildman–Crippen LogP) is 3.87. The average Bonchev–Trinajstić information content (AvgIpc) is 2.60. The second kappa shape index (κ2) is 7.20. The van der Waals surface area contributed by atoms with E-state index in [1.54, 1.807) is 0 Å². The number of hydrazone groups is 1. The van der Waals surface area contributed by atoms with Crippen LogP contribution >= 0.6 is 11.6 Å². The van der Waals surface area contributed by atoms with E-state index in [9.17, 15) is 20.0 Å². The third-order valence-electron chi connectivity index (χ3n) is 3.66. The second-order valence-electron chi connectivity index (χ2n) is 5.38. The number of nitrogens with one attached hydrogen (secondary N) is 1. The van der Waals surface area contributed by atoms with Gasteiger partial charge in [-0.25, -0.2) is 5.43 Å². The van der Waals surface area contributed by atoms with Crippen molar-refractivity contribution in [1.82, 2.24) is 5.43 Å². The van der Waals surface area contributed by atoms with Crippen molar-refractivity contribution in [2.24, 2.45) is 5.10 Å². The monoisotopic (exact) mass is 369 g/mol. The molecule has 3 rings (SSSR count). The number of carbonyl (C=O) groups excluding carboxylic acids is 1. The van der Waals surface area contributed by atoms with E-state index in [2.05, 4.69) is 10.5 Å². The third kappa shape index (κ3) is 3.62. The first-order chi connectivity index (χ1) is 12.5. The van der Waals surface area contributed by atoms with Crippen LogP contribution in [0.4, 0.5) is 5.69 Å².